The van der Waals surface area contributed by atoms with Gasteiger partial charge in [0.05, 0.1) is 0 Å². The predicted molar refractivity (Wildman–Crippen MR) is 309 cm³/mol. The topological polar surface area (TPSA) is 6.48 Å². The fourth-order valence-electron chi connectivity index (χ4n) is 13.8. The number of hydrogen-bond donors (Lipinski definition) is 0. The van der Waals surface area contributed by atoms with Gasteiger partial charge in [0.25, 0.3) is 0 Å². The maximum Gasteiger partial charge on any atom is 0.0465 e. The van der Waals surface area contributed by atoms with Crippen molar-refractivity contribution in [1.82, 2.24) is 0 Å². The van der Waals surface area contributed by atoms with Crippen molar-refractivity contribution >= 4 is 34.1 Å². The van der Waals surface area contributed by atoms with Gasteiger partial charge in [-0.15, -0.1) is 0 Å². The summed E-state index contributed by atoms with van der Waals surface area (Å²) in [6.45, 7) is 38.7. The van der Waals surface area contributed by atoms with Crippen molar-refractivity contribution in [3.05, 3.63) is 166 Å². The summed E-state index contributed by atoms with van der Waals surface area (Å²) >= 11 is 0. The maximum atomic E-state index is 2.64. The Kier molecular flexibility index (Phi) is 13.0. The molecule has 71 heavy (non-hydrogen) atoms. The van der Waals surface area contributed by atoms with Gasteiger partial charge in [-0.3, -0.25) is 0 Å². The fraction of sp³-hybridized carbons (Fsp3) is 0.478. The van der Waals surface area contributed by atoms with Crippen molar-refractivity contribution in [2.24, 2.45) is 10.8 Å². The lowest BCUT2D eigenvalue weighted by Crippen LogP contribution is -2.42. The van der Waals surface area contributed by atoms with Gasteiger partial charge >= 0.3 is 0 Å². The Morgan fingerprint density at radius 3 is 0.944 bits per heavy atom. The quantitative estimate of drug-likeness (QED) is 0.0892. The number of unbranched alkanes of at least 4 members (excludes halogenated alkanes) is 6. The summed E-state index contributed by atoms with van der Waals surface area (Å²) in [7, 11) is 0. The molecule has 374 valence electrons. The number of hydrogen-bond acceptors (Lipinski definition) is 2. The van der Waals surface area contributed by atoms with E-state index in [1.807, 2.05) is 0 Å². The SMILES string of the molecule is CCCCCCC1(CCCCCC)c2cc(N(c3ccc(C)cc3)c3ccc4c(c3)C(C)(C)C(C)(C)C4(C)C)ccc2-c2ccc(N(c3ccc(C)cc3)c3ccc4c(c3)C(C)(C)C(C)(C)C4(C)C)cc21. The van der Waals surface area contributed by atoms with E-state index in [0.717, 1.165) is 12.8 Å². The van der Waals surface area contributed by atoms with Crippen molar-refractivity contribution in [1.29, 1.82) is 0 Å². The molecule has 2 heteroatoms. The third kappa shape index (κ3) is 7.85. The van der Waals surface area contributed by atoms with E-state index < -0.39 is 0 Å². The monoisotopic (exact) mass is 945 g/mol. The van der Waals surface area contributed by atoms with Crippen LogP contribution in [0.25, 0.3) is 11.1 Å². The molecule has 0 saturated heterocycles. The molecule has 0 amide bonds. The largest absolute Gasteiger partial charge is 0.310 e. The molecule has 0 spiro atoms. The molecule has 6 aromatic rings. The maximum absolute atomic E-state index is 2.64. The Morgan fingerprint density at radius 1 is 0.310 bits per heavy atom. The predicted octanol–water partition coefficient (Wildman–Crippen LogP) is 20.6. The van der Waals surface area contributed by atoms with Crippen molar-refractivity contribution < 1.29 is 0 Å². The minimum atomic E-state index is -0.127. The molecule has 0 N–H and O–H groups in total. The van der Waals surface area contributed by atoms with Gasteiger partial charge in [-0.05, 0) is 176 Å². The molecule has 0 aromatic heterocycles. The summed E-state index contributed by atoms with van der Waals surface area (Å²) in [6, 6.07) is 48.5. The lowest BCUT2D eigenvalue weighted by molar-refractivity contribution is 0.125. The minimum Gasteiger partial charge on any atom is -0.310 e. The Hall–Kier alpha value is -5.08. The molecule has 0 unspecified atom stereocenters. The molecular formula is C69H88N2. The Bertz CT molecular complexity index is 2720. The third-order valence-electron chi connectivity index (χ3n) is 20.8. The van der Waals surface area contributed by atoms with E-state index in [2.05, 4.69) is 242 Å². The molecule has 6 aromatic carbocycles. The number of benzene rings is 6. The molecule has 2 nitrogen and oxygen atoms in total. The summed E-state index contributed by atoms with van der Waals surface area (Å²) in [5.74, 6) is 0. The number of nitrogens with zero attached hydrogens (tertiary/aromatic N) is 2. The van der Waals surface area contributed by atoms with Crippen LogP contribution in [0.3, 0.4) is 0 Å². The molecule has 9 rings (SSSR count). The van der Waals surface area contributed by atoms with Crippen LogP contribution >= 0.6 is 0 Å². The summed E-state index contributed by atoms with van der Waals surface area (Å²) < 4.78 is 0. The lowest BCUT2D eigenvalue weighted by Gasteiger charge is -2.44. The van der Waals surface area contributed by atoms with E-state index in [1.165, 1.54) is 141 Å². The zero-order valence-electron chi connectivity index (χ0n) is 47.0. The summed E-state index contributed by atoms with van der Waals surface area (Å²) in [4.78, 5) is 5.14. The van der Waals surface area contributed by atoms with E-state index in [9.17, 15) is 0 Å². The van der Waals surface area contributed by atoms with Crippen LogP contribution in [0.4, 0.5) is 34.1 Å². The molecule has 3 aliphatic carbocycles. The van der Waals surface area contributed by atoms with E-state index in [-0.39, 0.29) is 37.9 Å². The van der Waals surface area contributed by atoms with Crippen molar-refractivity contribution in [3.8, 4) is 11.1 Å². The molecular weight excluding hydrogens is 857 g/mol. The number of rotatable bonds is 16. The number of anilines is 6. The number of fused-ring (bicyclic) bond motifs is 5. The third-order valence-corrected chi connectivity index (χ3v) is 20.8. The zero-order chi connectivity index (χ0) is 51.1. The highest BCUT2D eigenvalue weighted by molar-refractivity contribution is 5.89. The normalized spacial score (nSPS) is 18.6. The van der Waals surface area contributed by atoms with E-state index >= 15 is 0 Å². The first-order valence-electron chi connectivity index (χ1n) is 27.8. The van der Waals surface area contributed by atoms with E-state index in [0.29, 0.717) is 0 Å². The van der Waals surface area contributed by atoms with E-state index in [1.54, 1.807) is 0 Å². The smallest absolute Gasteiger partial charge is 0.0465 e. The van der Waals surface area contributed by atoms with Crippen molar-refractivity contribution in [2.75, 3.05) is 9.80 Å². The molecule has 0 radical (unpaired) electrons. The van der Waals surface area contributed by atoms with Gasteiger partial charge in [-0.2, -0.15) is 0 Å². The second-order valence-corrected chi connectivity index (χ2v) is 25.7. The van der Waals surface area contributed by atoms with Crippen LogP contribution < -0.4 is 9.80 Å². The standard InChI is InChI=1S/C69H88N2/c1-17-19-21-23-41-69(42-24-22-20-18-2)59-43-51(70(49-29-25-47(3)26-30-49)53-35-39-57-61(45-53)65(9,10)67(13,14)63(57,5)6)33-37-55(59)56-38-34-52(44-60(56)69)71(50-31-27-48(4)28-32-50)54-36-40-58-62(46-54)66(11,12)68(15,16)64(58,7)8/h25-40,43-46H,17-24,41-42H2,1-16H3. The Labute approximate surface area is 431 Å². The Balaban J connectivity index is 1.25. The van der Waals surface area contributed by atoms with Gasteiger partial charge < -0.3 is 9.80 Å². The summed E-state index contributed by atoms with van der Waals surface area (Å²) in [6.07, 6.45) is 12.3. The highest BCUT2D eigenvalue weighted by atomic mass is 15.1. The van der Waals surface area contributed by atoms with E-state index in [4.69, 9.17) is 0 Å². The van der Waals surface area contributed by atoms with Crippen molar-refractivity contribution in [2.45, 2.75) is 202 Å². The first-order chi connectivity index (χ1) is 33.5. The van der Waals surface area contributed by atoms with Gasteiger partial charge in [0.2, 0.25) is 0 Å². The highest BCUT2D eigenvalue weighted by Gasteiger charge is 2.58. The van der Waals surface area contributed by atoms with Crippen LogP contribution in [0, 0.1) is 24.7 Å². The molecule has 0 atom stereocenters. The van der Waals surface area contributed by atoms with Crippen LogP contribution in [-0.2, 0) is 27.1 Å². The second-order valence-electron chi connectivity index (χ2n) is 25.7. The average molecular weight is 945 g/mol. The molecule has 0 fully saturated rings. The zero-order valence-corrected chi connectivity index (χ0v) is 47.0. The van der Waals surface area contributed by atoms with Crippen LogP contribution in [0.15, 0.2) is 121 Å². The van der Waals surface area contributed by atoms with Crippen LogP contribution in [0.5, 0.6) is 0 Å². The first-order valence-corrected chi connectivity index (χ1v) is 27.8. The molecule has 3 aliphatic rings. The number of aryl methyl sites for hydroxylation is 2. The molecule has 0 heterocycles. The second kappa shape index (κ2) is 18.1. The van der Waals surface area contributed by atoms with Crippen LogP contribution in [-0.4, -0.2) is 0 Å². The van der Waals surface area contributed by atoms with Gasteiger partial charge in [0.1, 0.15) is 0 Å². The molecule has 0 saturated carbocycles. The van der Waals surface area contributed by atoms with Crippen molar-refractivity contribution in [3.63, 3.8) is 0 Å². The van der Waals surface area contributed by atoms with Gasteiger partial charge in [-0.1, -0.05) is 208 Å². The molecule has 0 aliphatic heterocycles. The van der Waals surface area contributed by atoms with Crippen LogP contribution in [0.2, 0.25) is 0 Å². The highest BCUT2D eigenvalue weighted by Crippen LogP contribution is 2.64. The van der Waals surface area contributed by atoms with Crippen LogP contribution in [0.1, 0.15) is 206 Å². The first kappa shape index (κ1) is 50.8. The average Bonchev–Trinajstić information content (AvgIpc) is 3.70. The Morgan fingerprint density at radius 2 is 0.606 bits per heavy atom. The lowest BCUT2D eigenvalue weighted by atomic mass is 9.59. The summed E-state index contributed by atoms with van der Waals surface area (Å²) in [5.41, 5.74) is 21.8. The molecule has 0 bridgehead atoms. The van der Waals surface area contributed by atoms with Gasteiger partial charge in [-0.25, -0.2) is 0 Å². The fourth-order valence-corrected chi connectivity index (χ4v) is 13.8. The minimum absolute atomic E-state index is 0.000147. The van der Waals surface area contributed by atoms with Gasteiger partial charge in [0, 0.05) is 39.5 Å². The summed E-state index contributed by atoms with van der Waals surface area (Å²) in [5, 5.41) is 0. The van der Waals surface area contributed by atoms with Gasteiger partial charge in [0.15, 0.2) is 0 Å².